The lowest BCUT2D eigenvalue weighted by Gasteiger charge is -2.14. The Kier molecular flexibility index (Phi) is 6.89. The lowest BCUT2D eigenvalue weighted by Crippen LogP contribution is -2.13. The normalized spacial score (nSPS) is 13.4. The van der Waals surface area contributed by atoms with Crippen LogP contribution in [0, 0.1) is 0 Å². The first kappa shape index (κ1) is 19.7. The zero-order chi connectivity index (χ0) is 19.8. The van der Waals surface area contributed by atoms with Crippen LogP contribution in [0.2, 0.25) is 0 Å². The molecule has 0 unspecified atom stereocenters. The van der Waals surface area contributed by atoms with Gasteiger partial charge in [0.15, 0.2) is 11.5 Å². The molecule has 0 radical (unpaired) electrons. The Bertz CT molecular complexity index is 849. The summed E-state index contributed by atoms with van der Waals surface area (Å²) >= 11 is 0. The maximum absolute atomic E-state index is 12.6. The van der Waals surface area contributed by atoms with Gasteiger partial charge < -0.3 is 20.1 Å². The minimum absolute atomic E-state index is 0.224. The number of amides is 1. The van der Waals surface area contributed by atoms with Crippen molar-refractivity contribution in [3.8, 4) is 11.5 Å². The Morgan fingerprint density at radius 2 is 1.93 bits per heavy atom. The van der Waals surface area contributed by atoms with Crippen molar-refractivity contribution >= 4 is 17.3 Å². The molecule has 1 heterocycles. The summed E-state index contributed by atoms with van der Waals surface area (Å²) in [7, 11) is 3.14. The molecule has 0 aliphatic heterocycles. The van der Waals surface area contributed by atoms with Crippen LogP contribution in [0.25, 0.3) is 0 Å². The van der Waals surface area contributed by atoms with Gasteiger partial charge in [-0.25, -0.2) is 0 Å². The van der Waals surface area contributed by atoms with Crippen LogP contribution in [-0.4, -0.2) is 31.7 Å². The van der Waals surface area contributed by atoms with E-state index < -0.39 is 0 Å². The van der Waals surface area contributed by atoms with Crippen molar-refractivity contribution in [3.63, 3.8) is 0 Å². The number of allylic oxidation sites excluding steroid dienone is 1. The molecule has 0 bridgehead atoms. The van der Waals surface area contributed by atoms with E-state index in [1.165, 1.54) is 31.3 Å². The molecule has 0 fully saturated rings. The SMILES string of the molecule is COc1ccc(NC(=O)c2cncc(NCCC3=CCCCC3)c2)cc1OC. The Morgan fingerprint density at radius 3 is 2.68 bits per heavy atom. The largest absolute Gasteiger partial charge is 0.493 e. The minimum Gasteiger partial charge on any atom is -0.493 e. The molecule has 1 amide bonds. The fraction of sp³-hybridized carbons (Fsp3) is 0.364. The highest BCUT2D eigenvalue weighted by atomic mass is 16.5. The molecule has 6 nitrogen and oxygen atoms in total. The van der Waals surface area contributed by atoms with Crippen LogP contribution in [-0.2, 0) is 0 Å². The van der Waals surface area contributed by atoms with Gasteiger partial charge in [-0.15, -0.1) is 0 Å². The van der Waals surface area contributed by atoms with Crippen molar-refractivity contribution in [1.82, 2.24) is 4.98 Å². The van der Waals surface area contributed by atoms with E-state index in [-0.39, 0.29) is 5.91 Å². The molecule has 1 aliphatic rings. The predicted molar refractivity (Wildman–Crippen MR) is 111 cm³/mol. The van der Waals surface area contributed by atoms with E-state index >= 15 is 0 Å². The quantitative estimate of drug-likeness (QED) is 0.651. The van der Waals surface area contributed by atoms with E-state index in [2.05, 4.69) is 21.7 Å². The molecule has 0 spiro atoms. The van der Waals surface area contributed by atoms with Crippen LogP contribution >= 0.6 is 0 Å². The third-order valence-electron chi connectivity index (χ3n) is 4.80. The minimum atomic E-state index is -0.224. The third-order valence-corrected chi connectivity index (χ3v) is 4.80. The number of carbonyl (C=O) groups is 1. The van der Waals surface area contributed by atoms with Crippen molar-refractivity contribution in [2.45, 2.75) is 32.1 Å². The second kappa shape index (κ2) is 9.78. The first-order valence-corrected chi connectivity index (χ1v) is 9.60. The molecule has 148 valence electrons. The van der Waals surface area contributed by atoms with Crippen molar-refractivity contribution < 1.29 is 14.3 Å². The van der Waals surface area contributed by atoms with Gasteiger partial charge in [-0.2, -0.15) is 0 Å². The number of anilines is 2. The lowest BCUT2D eigenvalue weighted by atomic mass is 9.97. The summed E-state index contributed by atoms with van der Waals surface area (Å²) in [5.74, 6) is 0.950. The van der Waals surface area contributed by atoms with Crippen molar-refractivity contribution in [1.29, 1.82) is 0 Å². The van der Waals surface area contributed by atoms with Crippen LogP contribution in [0.4, 0.5) is 11.4 Å². The van der Waals surface area contributed by atoms with Gasteiger partial charge in [0.25, 0.3) is 5.91 Å². The lowest BCUT2D eigenvalue weighted by molar-refractivity contribution is 0.102. The number of aromatic nitrogens is 1. The van der Waals surface area contributed by atoms with Crippen LogP contribution in [0.15, 0.2) is 48.3 Å². The summed E-state index contributed by atoms with van der Waals surface area (Å²) in [5.41, 5.74) is 3.49. The maximum Gasteiger partial charge on any atom is 0.257 e. The van der Waals surface area contributed by atoms with Gasteiger partial charge in [-0.3, -0.25) is 9.78 Å². The molecule has 0 atom stereocenters. The molecular weight excluding hydrogens is 354 g/mol. The molecule has 0 saturated heterocycles. The van der Waals surface area contributed by atoms with Crippen LogP contribution in [0.5, 0.6) is 11.5 Å². The van der Waals surface area contributed by atoms with Gasteiger partial charge >= 0.3 is 0 Å². The van der Waals surface area contributed by atoms with Gasteiger partial charge in [0.2, 0.25) is 0 Å². The van der Waals surface area contributed by atoms with E-state index in [4.69, 9.17) is 9.47 Å². The highest BCUT2D eigenvalue weighted by molar-refractivity contribution is 6.04. The molecule has 0 saturated carbocycles. The Labute approximate surface area is 166 Å². The van der Waals surface area contributed by atoms with E-state index in [0.29, 0.717) is 22.7 Å². The highest BCUT2D eigenvalue weighted by Crippen LogP contribution is 2.30. The third kappa shape index (κ3) is 5.25. The molecule has 1 aliphatic carbocycles. The van der Waals surface area contributed by atoms with E-state index in [1.54, 1.807) is 44.8 Å². The van der Waals surface area contributed by atoms with Crippen LogP contribution in [0.1, 0.15) is 42.5 Å². The van der Waals surface area contributed by atoms with E-state index in [1.807, 2.05) is 6.07 Å². The summed E-state index contributed by atoms with van der Waals surface area (Å²) < 4.78 is 10.5. The summed E-state index contributed by atoms with van der Waals surface area (Å²) in [6, 6.07) is 7.07. The highest BCUT2D eigenvalue weighted by Gasteiger charge is 2.11. The number of rotatable bonds is 8. The summed E-state index contributed by atoms with van der Waals surface area (Å²) in [6.07, 6.45) is 11.7. The average molecular weight is 381 g/mol. The summed E-state index contributed by atoms with van der Waals surface area (Å²) in [5, 5.41) is 6.23. The van der Waals surface area contributed by atoms with Crippen LogP contribution < -0.4 is 20.1 Å². The molecule has 1 aromatic heterocycles. The zero-order valence-corrected chi connectivity index (χ0v) is 16.5. The smallest absolute Gasteiger partial charge is 0.257 e. The monoisotopic (exact) mass is 381 g/mol. The first-order chi connectivity index (χ1) is 13.7. The number of hydrogen-bond acceptors (Lipinski definition) is 5. The molecule has 2 aromatic rings. The van der Waals surface area contributed by atoms with Crippen molar-refractivity contribution in [2.75, 3.05) is 31.4 Å². The Morgan fingerprint density at radius 1 is 1.07 bits per heavy atom. The summed E-state index contributed by atoms with van der Waals surface area (Å²) in [4.78, 5) is 16.8. The van der Waals surface area contributed by atoms with E-state index in [0.717, 1.165) is 18.7 Å². The second-order valence-corrected chi connectivity index (χ2v) is 6.77. The topological polar surface area (TPSA) is 72.5 Å². The van der Waals surface area contributed by atoms with Gasteiger partial charge in [0, 0.05) is 30.7 Å². The van der Waals surface area contributed by atoms with Crippen LogP contribution in [0.3, 0.4) is 0 Å². The number of ether oxygens (including phenoxy) is 2. The maximum atomic E-state index is 12.6. The number of pyridine rings is 1. The fourth-order valence-electron chi connectivity index (χ4n) is 3.28. The second-order valence-electron chi connectivity index (χ2n) is 6.77. The molecule has 1 aromatic carbocycles. The summed E-state index contributed by atoms with van der Waals surface area (Å²) in [6.45, 7) is 0.842. The average Bonchev–Trinajstić information content (AvgIpc) is 2.74. The first-order valence-electron chi connectivity index (χ1n) is 9.60. The van der Waals surface area contributed by atoms with Gasteiger partial charge in [-0.05, 0) is 50.3 Å². The van der Waals surface area contributed by atoms with Crippen molar-refractivity contribution in [2.24, 2.45) is 0 Å². The van der Waals surface area contributed by atoms with E-state index in [9.17, 15) is 4.79 Å². The Balaban J connectivity index is 1.59. The number of benzene rings is 1. The zero-order valence-electron chi connectivity index (χ0n) is 16.5. The number of nitrogens with one attached hydrogen (secondary N) is 2. The fourth-order valence-corrected chi connectivity index (χ4v) is 3.28. The van der Waals surface area contributed by atoms with Gasteiger partial charge in [-0.1, -0.05) is 11.6 Å². The molecule has 2 N–H and O–H groups in total. The van der Waals surface area contributed by atoms with Crippen molar-refractivity contribution in [3.05, 3.63) is 53.9 Å². The molecular formula is C22H27N3O3. The number of nitrogens with zero attached hydrogens (tertiary/aromatic N) is 1. The Hall–Kier alpha value is -3.02. The predicted octanol–water partition coefficient (Wildman–Crippen LogP) is 4.65. The standard InChI is InChI=1S/C22H27N3O3/c1-27-20-9-8-18(13-21(20)28-2)25-22(26)17-12-19(15-23-14-17)24-11-10-16-6-4-3-5-7-16/h6,8-9,12-15,24H,3-5,7,10-11H2,1-2H3,(H,25,26). The molecule has 6 heteroatoms. The number of carbonyl (C=O) groups excluding carboxylic acids is 1. The molecule has 3 rings (SSSR count). The molecule has 28 heavy (non-hydrogen) atoms. The van der Waals surface area contributed by atoms with Gasteiger partial charge in [0.05, 0.1) is 25.5 Å². The number of hydrogen-bond donors (Lipinski definition) is 2. The number of methoxy groups -OCH3 is 2. The van der Waals surface area contributed by atoms with Gasteiger partial charge in [0.1, 0.15) is 0 Å².